The lowest BCUT2D eigenvalue weighted by Crippen LogP contribution is -2.32. The van der Waals surface area contributed by atoms with E-state index in [1.54, 1.807) is 11.1 Å². The minimum Gasteiger partial charge on any atom is -0.360 e. The van der Waals surface area contributed by atoms with Crippen molar-refractivity contribution < 1.29 is 4.79 Å². The van der Waals surface area contributed by atoms with E-state index in [1.807, 2.05) is 66.7 Å². The Morgan fingerprint density at radius 1 is 0.958 bits per heavy atom. The van der Waals surface area contributed by atoms with Gasteiger partial charge in [0.1, 0.15) is 12.0 Å². The lowest BCUT2D eigenvalue weighted by atomic mass is 10.1. The fourth-order valence-electron chi connectivity index (χ4n) is 2.92. The van der Waals surface area contributed by atoms with Crippen molar-refractivity contribution >= 4 is 29.0 Å². The van der Waals surface area contributed by atoms with E-state index in [9.17, 15) is 4.79 Å². The zero-order valence-electron chi connectivity index (χ0n) is 12.7. The van der Waals surface area contributed by atoms with Crippen LogP contribution in [0.5, 0.6) is 0 Å². The molecule has 3 aromatic rings. The largest absolute Gasteiger partial charge is 0.360 e. The first kappa shape index (κ1) is 14.7. The van der Waals surface area contributed by atoms with Crippen LogP contribution < -0.4 is 10.2 Å². The maximum absolute atomic E-state index is 12.9. The number of nitrogens with one attached hydrogen (secondary N) is 1. The lowest BCUT2D eigenvalue weighted by molar-refractivity contribution is 0.0992. The molecule has 2 heterocycles. The summed E-state index contributed by atoms with van der Waals surface area (Å²) in [6.45, 7) is 0. The number of rotatable bonds is 3. The van der Waals surface area contributed by atoms with Crippen LogP contribution in [-0.4, -0.2) is 10.9 Å². The van der Waals surface area contributed by atoms with Crippen molar-refractivity contribution in [1.82, 2.24) is 4.98 Å². The number of carbonyl (C=O) groups excluding carboxylic acids is 1. The van der Waals surface area contributed by atoms with Crippen molar-refractivity contribution in [3.05, 3.63) is 89.1 Å². The number of anilines is 2. The number of nitrogens with zero attached hydrogens (tertiary/aromatic N) is 2. The molecule has 1 N–H and O–H groups in total. The number of fused-ring (bicyclic) bond motifs is 1. The second-order valence-corrected chi connectivity index (χ2v) is 5.88. The molecule has 0 aliphatic carbocycles. The molecule has 0 fully saturated rings. The number of benzene rings is 2. The van der Waals surface area contributed by atoms with E-state index in [0.717, 1.165) is 11.3 Å². The molecule has 0 bridgehead atoms. The average Bonchev–Trinajstić information content (AvgIpc) is 2.90. The molecule has 0 spiro atoms. The van der Waals surface area contributed by atoms with Crippen LogP contribution in [0.25, 0.3) is 0 Å². The topological polar surface area (TPSA) is 45.2 Å². The normalized spacial score (nSPS) is 16.1. The van der Waals surface area contributed by atoms with Crippen LogP contribution in [0.1, 0.15) is 22.1 Å². The van der Waals surface area contributed by atoms with Gasteiger partial charge in [0, 0.05) is 17.3 Å². The smallest absolute Gasteiger partial charge is 0.261 e. The van der Waals surface area contributed by atoms with Crippen LogP contribution >= 0.6 is 11.6 Å². The van der Waals surface area contributed by atoms with E-state index in [4.69, 9.17) is 11.6 Å². The van der Waals surface area contributed by atoms with Crippen LogP contribution in [0.15, 0.2) is 72.9 Å². The predicted octanol–water partition coefficient (Wildman–Crippen LogP) is 4.51. The van der Waals surface area contributed by atoms with Gasteiger partial charge in [-0.2, -0.15) is 0 Å². The SMILES string of the molecule is O=C1c2ccccc2[C@@H](Nc2ccccc2Cl)N1c1ccccn1. The van der Waals surface area contributed by atoms with Gasteiger partial charge in [0.05, 0.1) is 10.7 Å². The molecular weight excluding hydrogens is 322 g/mol. The summed E-state index contributed by atoms with van der Waals surface area (Å²) in [6, 6.07) is 20.6. The van der Waals surface area contributed by atoms with Gasteiger partial charge >= 0.3 is 0 Å². The minimum absolute atomic E-state index is 0.0751. The summed E-state index contributed by atoms with van der Waals surface area (Å²) < 4.78 is 0. The third kappa shape index (κ3) is 2.41. The van der Waals surface area contributed by atoms with E-state index in [2.05, 4.69) is 10.3 Å². The van der Waals surface area contributed by atoms with Gasteiger partial charge in [0.25, 0.3) is 5.91 Å². The number of hydrogen-bond donors (Lipinski definition) is 1. The summed E-state index contributed by atoms with van der Waals surface area (Å²) in [5.74, 6) is 0.525. The Hall–Kier alpha value is -2.85. The maximum atomic E-state index is 12.9. The summed E-state index contributed by atoms with van der Waals surface area (Å²) >= 11 is 6.28. The summed E-state index contributed by atoms with van der Waals surface area (Å²) in [5, 5.41) is 3.98. The van der Waals surface area contributed by atoms with Gasteiger partial charge in [0.2, 0.25) is 0 Å². The lowest BCUT2D eigenvalue weighted by Gasteiger charge is -2.26. The van der Waals surface area contributed by atoms with Gasteiger partial charge in [-0.25, -0.2) is 4.98 Å². The molecule has 1 aliphatic heterocycles. The Kier molecular flexibility index (Phi) is 3.67. The first-order valence-electron chi connectivity index (χ1n) is 7.60. The second-order valence-electron chi connectivity index (χ2n) is 5.48. The minimum atomic E-state index is -0.358. The third-order valence-electron chi connectivity index (χ3n) is 4.02. The van der Waals surface area contributed by atoms with E-state index in [-0.39, 0.29) is 12.1 Å². The molecule has 1 amide bonds. The zero-order chi connectivity index (χ0) is 16.5. The Bertz CT molecular complexity index is 898. The molecule has 0 radical (unpaired) electrons. The number of halogens is 1. The van der Waals surface area contributed by atoms with E-state index < -0.39 is 0 Å². The molecule has 0 saturated carbocycles. The van der Waals surface area contributed by atoms with Gasteiger partial charge in [-0.1, -0.05) is 48.0 Å². The molecule has 1 aliphatic rings. The number of amides is 1. The Balaban J connectivity index is 1.81. The van der Waals surface area contributed by atoms with Gasteiger partial charge in [-0.15, -0.1) is 0 Å². The van der Waals surface area contributed by atoms with E-state index in [1.165, 1.54) is 0 Å². The van der Waals surface area contributed by atoms with Crippen molar-refractivity contribution in [2.75, 3.05) is 10.2 Å². The van der Waals surface area contributed by atoms with E-state index in [0.29, 0.717) is 16.4 Å². The molecule has 4 nitrogen and oxygen atoms in total. The Morgan fingerprint density at radius 3 is 2.50 bits per heavy atom. The molecule has 5 heteroatoms. The van der Waals surface area contributed by atoms with Gasteiger partial charge < -0.3 is 5.32 Å². The maximum Gasteiger partial charge on any atom is 0.261 e. The molecule has 2 aromatic carbocycles. The molecule has 1 aromatic heterocycles. The first-order chi connectivity index (χ1) is 11.8. The van der Waals surface area contributed by atoms with Gasteiger partial charge in [-0.3, -0.25) is 9.69 Å². The van der Waals surface area contributed by atoms with Crippen molar-refractivity contribution in [1.29, 1.82) is 0 Å². The van der Waals surface area contributed by atoms with Gasteiger partial charge in [0.15, 0.2) is 0 Å². The summed E-state index contributed by atoms with van der Waals surface area (Å²) in [5.41, 5.74) is 2.36. The highest BCUT2D eigenvalue weighted by molar-refractivity contribution is 6.33. The Labute approximate surface area is 144 Å². The van der Waals surface area contributed by atoms with Crippen molar-refractivity contribution in [2.45, 2.75) is 6.17 Å². The highest BCUT2D eigenvalue weighted by Gasteiger charge is 2.38. The van der Waals surface area contributed by atoms with Crippen LogP contribution in [0.2, 0.25) is 5.02 Å². The summed E-state index contributed by atoms with van der Waals surface area (Å²) in [6.07, 6.45) is 1.32. The fourth-order valence-corrected chi connectivity index (χ4v) is 3.11. The monoisotopic (exact) mass is 335 g/mol. The molecule has 1 atom stereocenters. The quantitative estimate of drug-likeness (QED) is 0.766. The summed E-state index contributed by atoms with van der Waals surface area (Å²) in [4.78, 5) is 18.9. The van der Waals surface area contributed by atoms with Crippen molar-refractivity contribution in [3.63, 3.8) is 0 Å². The average molecular weight is 336 g/mol. The fraction of sp³-hybridized carbons (Fsp3) is 0.0526. The Morgan fingerprint density at radius 2 is 1.71 bits per heavy atom. The van der Waals surface area contributed by atoms with Crippen molar-refractivity contribution in [3.8, 4) is 0 Å². The van der Waals surface area contributed by atoms with Crippen LogP contribution in [0.4, 0.5) is 11.5 Å². The van der Waals surface area contributed by atoms with Crippen molar-refractivity contribution in [2.24, 2.45) is 0 Å². The second kappa shape index (κ2) is 5.98. The zero-order valence-corrected chi connectivity index (χ0v) is 13.4. The van der Waals surface area contributed by atoms with Crippen LogP contribution in [0, 0.1) is 0 Å². The number of pyridine rings is 1. The number of hydrogen-bond acceptors (Lipinski definition) is 3. The summed E-state index contributed by atoms with van der Waals surface area (Å²) in [7, 11) is 0. The number of para-hydroxylation sites is 1. The highest BCUT2D eigenvalue weighted by Crippen LogP contribution is 2.38. The molecule has 24 heavy (non-hydrogen) atoms. The van der Waals surface area contributed by atoms with E-state index >= 15 is 0 Å². The standard InChI is InChI=1S/C19H14ClN3O/c20-15-9-3-4-10-16(15)22-18-13-7-1-2-8-14(13)19(24)23(18)17-11-5-6-12-21-17/h1-12,18,22H/t18-/m0/s1. The third-order valence-corrected chi connectivity index (χ3v) is 4.35. The molecular formula is C19H14ClN3O. The predicted molar refractivity (Wildman–Crippen MR) is 95.3 cm³/mol. The highest BCUT2D eigenvalue weighted by atomic mass is 35.5. The first-order valence-corrected chi connectivity index (χ1v) is 7.98. The van der Waals surface area contributed by atoms with Crippen LogP contribution in [0.3, 0.4) is 0 Å². The molecule has 0 saturated heterocycles. The number of aromatic nitrogens is 1. The molecule has 118 valence electrons. The van der Waals surface area contributed by atoms with Crippen LogP contribution in [-0.2, 0) is 0 Å². The van der Waals surface area contributed by atoms with Gasteiger partial charge in [-0.05, 0) is 30.3 Å². The number of carbonyl (C=O) groups is 1. The molecule has 0 unspecified atom stereocenters. The molecule has 4 rings (SSSR count).